The fraction of sp³-hybridized carbons (Fsp3) is 0.667. The van der Waals surface area contributed by atoms with E-state index < -0.39 is 0 Å². The van der Waals surface area contributed by atoms with Crippen LogP contribution in [0.5, 0.6) is 0 Å². The molecule has 2 heterocycles. The van der Waals surface area contributed by atoms with Gasteiger partial charge in [-0.25, -0.2) is 0 Å². The third-order valence-electron chi connectivity index (χ3n) is 2.48. The van der Waals surface area contributed by atoms with Crippen LogP contribution in [0.2, 0.25) is 0 Å². The van der Waals surface area contributed by atoms with Crippen LogP contribution in [0.15, 0.2) is 5.51 Å². The van der Waals surface area contributed by atoms with E-state index in [0.29, 0.717) is 26.3 Å². The van der Waals surface area contributed by atoms with Gasteiger partial charge in [0.1, 0.15) is 16.6 Å². The summed E-state index contributed by atoms with van der Waals surface area (Å²) < 4.78 is 5.36. The fourth-order valence-corrected chi connectivity index (χ4v) is 2.11. The molecule has 6 nitrogen and oxygen atoms in total. The van der Waals surface area contributed by atoms with Crippen molar-refractivity contribution in [3.8, 4) is 0 Å². The van der Waals surface area contributed by atoms with Crippen molar-refractivity contribution in [3.63, 3.8) is 0 Å². The van der Waals surface area contributed by atoms with E-state index in [1.807, 2.05) is 0 Å². The standard InChI is InChI=1S/C9H14N4O2S/c1-10-7-5-15-3-2-13(9(7)14)4-8-12-11-6-16-8/h6-7,10H,2-5H2,1H3. The van der Waals surface area contributed by atoms with Gasteiger partial charge in [0.2, 0.25) is 5.91 Å². The smallest absolute Gasteiger partial charge is 0.242 e. The first-order chi connectivity index (χ1) is 7.81. The van der Waals surface area contributed by atoms with Crippen molar-refractivity contribution in [2.24, 2.45) is 0 Å². The van der Waals surface area contributed by atoms with Crippen LogP contribution in [0.25, 0.3) is 0 Å². The number of nitrogens with zero attached hydrogens (tertiary/aromatic N) is 3. The molecule has 0 bridgehead atoms. The summed E-state index contributed by atoms with van der Waals surface area (Å²) in [5.41, 5.74) is 1.67. The minimum absolute atomic E-state index is 0.0650. The molecule has 2 rings (SSSR count). The van der Waals surface area contributed by atoms with Crippen LogP contribution in [0.3, 0.4) is 0 Å². The first kappa shape index (κ1) is 11.4. The molecule has 0 aliphatic carbocycles. The Morgan fingerprint density at radius 2 is 2.62 bits per heavy atom. The lowest BCUT2D eigenvalue weighted by Gasteiger charge is -2.21. The molecule has 1 N–H and O–H groups in total. The van der Waals surface area contributed by atoms with E-state index in [4.69, 9.17) is 4.74 Å². The van der Waals surface area contributed by atoms with Crippen LogP contribution in [0.1, 0.15) is 5.01 Å². The zero-order valence-electron chi connectivity index (χ0n) is 9.05. The summed E-state index contributed by atoms with van der Waals surface area (Å²) >= 11 is 1.46. The molecule has 1 aliphatic rings. The molecule has 0 aromatic carbocycles. The van der Waals surface area contributed by atoms with E-state index in [2.05, 4.69) is 15.5 Å². The quantitative estimate of drug-likeness (QED) is 0.773. The Kier molecular flexibility index (Phi) is 3.81. The normalized spacial score (nSPS) is 22.2. The van der Waals surface area contributed by atoms with Crippen molar-refractivity contribution in [2.75, 3.05) is 26.8 Å². The molecular weight excluding hydrogens is 228 g/mol. The lowest BCUT2D eigenvalue weighted by Crippen LogP contribution is -2.45. The van der Waals surface area contributed by atoms with Crippen molar-refractivity contribution in [3.05, 3.63) is 10.5 Å². The van der Waals surface area contributed by atoms with Gasteiger partial charge in [-0.15, -0.1) is 21.5 Å². The van der Waals surface area contributed by atoms with E-state index in [9.17, 15) is 4.79 Å². The molecular formula is C9H14N4O2S. The van der Waals surface area contributed by atoms with Crippen LogP contribution >= 0.6 is 11.3 Å². The van der Waals surface area contributed by atoms with Crippen molar-refractivity contribution in [1.29, 1.82) is 0 Å². The average Bonchev–Trinajstić information content (AvgIpc) is 2.73. The SMILES string of the molecule is CNC1COCCN(Cc2nncs2)C1=O. The lowest BCUT2D eigenvalue weighted by molar-refractivity contribution is -0.133. The van der Waals surface area contributed by atoms with Gasteiger partial charge < -0.3 is 15.0 Å². The molecule has 88 valence electrons. The van der Waals surface area contributed by atoms with E-state index in [-0.39, 0.29) is 11.9 Å². The summed E-state index contributed by atoms with van der Waals surface area (Å²) in [7, 11) is 1.76. The summed E-state index contributed by atoms with van der Waals surface area (Å²) in [6, 6.07) is -0.254. The molecule has 1 fully saturated rings. The Hall–Kier alpha value is -1.05. The number of rotatable bonds is 3. The second-order valence-electron chi connectivity index (χ2n) is 3.51. The molecule has 7 heteroatoms. The van der Waals surface area contributed by atoms with E-state index in [1.165, 1.54) is 11.3 Å². The summed E-state index contributed by atoms with van der Waals surface area (Å²) in [4.78, 5) is 13.8. The predicted molar refractivity (Wildman–Crippen MR) is 59.0 cm³/mol. The van der Waals surface area contributed by atoms with Crippen molar-refractivity contribution < 1.29 is 9.53 Å². The van der Waals surface area contributed by atoms with Crippen LogP contribution < -0.4 is 5.32 Å². The molecule has 0 radical (unpaired) electrons. The largest absolute Gasteiger partial charge is 0.377 e. The molecule has 1 saturated heterocycles. The third-order valence-corrected chi connectivity index (χ3v) is 3.16. The van der Waals surface area contributed by atoms with E-state index >= 15 is 0 Å². The summed E-state index contributed by atoms with van der Waals surface area (Å²) in [5.74, 6) is 0.0650. The number of nitrogens with one attached hydrogen (secondary N) is 1. The van der Waals surface area contributed by atoms with Crippen molar-refractivity contribution >= 4 is 17.2 Å². The van der Waals surface area contributed by atoms with E-state index in [1.54, 1.807) is 17.5 Å². The zero-order chi connectivity index (χ0) is 11.4. The fourth-order valence-electron chi connectivity index (χ4n) is 1.57. The van der Waals surface area contributed by atoms with Crippen LogP contribution in [-0.4, -0.2) is 53.9 Å². The van der Waals surface area contributed by atoms with Gasteiger partial charge in [0.15, 0.2) is 0 Å². The van der Waals surface area contributed by atoms with E-state index in [0.717, 1.165) is 5.01 Å². The number of carbonyl (C=O) groups excluding carboxylic acids is 1. The highest BCUT2D eigenvalue weighted by Crippen LogP contribution is 2.10. The molecule has 1 amide bonds. The van der Waals surface area contributed by atoms with Crippen LogP contribution in [0, 0.1) is 0 Å². The molecule has 1 aromatic heterocycles. The minimum Gasteiger partial charge on any atom is -0.377 e. The Balaban J connectivity index is 2.04. The third kappa shape index (κ3) is 2.55. The molecule has 1 atom stereocenters. The van der Waals surface area contributed by atoms with Gasteiger partial charge in [0.25, 0.3) is 0 Å². The number of hydrogen-bond donors (Lipinski definition) is 1. The number of amides is 1. The van der Waals surface area contributed by atoms with Gasteiger partial charge >= 0.3 is 0 Å². The molecule has 1 aromatic rings. The van der Waals surface area contributed by atoms with Gasteiger partial charge in [0, 0.05) is 6.54 Å². The second-order valence-corrected chi connectivity index (χ2v) is 4.43. The maximum atomic E-state index is 12.0. The molecule has 1 unspecified atom stereocenters. The lowest BCUT2D eigenvalue weighted by atomic mass is 10.3. The van der Waals surface area contributed by atoms with Crippen molar-refractivity contribution in [1.82, 2.24) is 20.4 Å². The minimum atomic E-state index is -0.254. The maximum absolute atomic E-state index is 12.0. The van der Waals surface area contributed by atoms with Gasteiger partial charge in [-0.3, -0.25) is 4.79 Å². The highest BCUT2D eigenvalue weighted by Gasteiger charge is 2.26. The average molecular weight is 242 g/mol. The highest BCUT2D eigenvalue weighted by atomic mass is 32.1. The number of likely N-dealkylation sites (N-methyl/N-ethyl adjacent to an activating group) is 1. The molecule has 1 aliphatic heterocycles. The van der Waals surface area contributed by atoms with Gasteiger partial charge in [-0.05, 0) is 7.05 Å². The zero-order valence-corrected chi connectivity index (χ0v) is 9.87. The maximum Gasteiger partial charge on any atom is 0.242 e. The first-order valence-electron chi connectivity index (χ1n) is 5.10. The highest BCUT2D eigenvalue weighted by molar-refractivity contribution is 7.09. The molecule has 0 saturated carbocycles. The first-order valence-corrected chi connectivity index (χ1v) is 5.98. The Morgan fingerprint density at radius 1 is 1.75 bits per heavy atom. The topological polar surface area (TPSA) is 67.3 Å². The number of hydrogen-bond acceptors (Lipinski definition) is 6. The number of aromatic nitrogens is 2. The summed E-state index contributed by atoms with van der Waals surface area (Å²) in [5, 5.41) is 11.5. The van der Waals surface area contributed by atoms with Crippen LogP contribution in [-0.2, 0) is 16.1 Å². The van der Waals surface area contributed by atoms with Crippen LogP contribution in [0.4, 0.5) is 0 Å². The predicted octanol–water partition coefficient (Wildman–Crippen LogP) is -0.515. The molecule has 16 heavy (non-hydrogen) atoms. The van der Waals surface area contributed by atoms with Crippen molar-refractivity contribution in [2.45, 2.75) is 12.6 Å². The van der Waals surface area contributed by atoms with Gasteiger partial charge in [-0.2, -0.15) is 0 Å². The molecule has 0 spiro atoms. The van der Waals surface area contributed by atoms with Gasteiger partial charge in [0.05, 0.1) is 19.8 Å². The number of ether oxygens (including phenoxy) is 1. The Labute approximate surface area is 97.6 Å². The van der Waals surface area contributed by atoms with Gasteiger partial charge in [-0.1, -0.05) is 0 Å². The monoisotopic (exact) mass is 242 g/mol. The number of carbonyl (C=O) groups is 1. The Morgan fingerprint density at radius 3 is 3.31 bits per heavy atom. The summed E-state index contributed by atoms with van der Waals surface area (Å²) in [6.45, 7) is 2.13. The summed E-state index contributed by atoms with van der Waals surface area (Å²) in [6.07, 6.45) is 0. The second kappa shape index (κ2) is 5.33. The Bertz CT molecular complexity index is 343.